The van der Waals surface area contributed by atoms with E-state index in [1.165, 1.54) is 54.7 Å². The van der Waals surface area contributed by atoms with Crippen LogP contribution in [-0.4, -0.2) is 30.5 Å². The van der Waals surface area contributed by atoms with Crippen molar-refractivity contribution in [2.45, 2.75) is 4.90 Å². The zero-order valence-corrected chi connectivity index (χ0v) is 15.9. The van der Waals surface area contributed by atoms with Gasteiger partial charge in [-0.3, -0.25) is 19.3 Å². The molecule has 4 N–H and O–H groups in total. The van der Waals surface area contributed by atoms with Gasteiger partial charge in [-0.05, 0) is 42.0 Å². The number of benzene rings is 2. The van der Waals surface area contributed by atoms with Gasteiger partial charge in [0.15, 0.2) is 4.90 Å². The first kappa shape index (κ1) is 20.7. The lowest BCUT2D eigenvalue weighted by Gasteiger charge is -2.07. The summed E-state index contributed by atoms with van der Waals surface area (Å²) in [5, 5.41) is 3.76. The molecule has 10 nitrogen and oxygen atoms in total. The number of halogens is 1. The molecule has 0 saturated carbocycles. The van der Waals surface area contributed by atoms with Crippen LogP contribution in [0.2, 0.25) is 0 Å². The third-order valence-electron chi connectivity index (χ3n) is 3.72. The second-order valence-corrected chi connectivity index (χ2v) is 7.52. The molecule has 3 aromatic rings. The second-order valence-electron chi connectivity index (χ2n) is 5.87. The number of hydrogen-bond acceptors (Lipinski definition) is 6. The second kappa shape index (κ2) is 8.53. The molecule has 0 radical (unpaired) electrons. The summed E-state index contributed by atoms with van der Waals surface area (Å²) in [5.41, 5.74) is 1.25. The lowest BCUT2D eigenvalue weighted by molar-refractivity contribution is 0.0955. The Balaban J connectivity index is 1.66. The Bertz CT molecular complexity index is 1310. The van der Waals surface area contributed by atoms with Crippen LogP contribution in [0.15, 0.2) is 74.3 Å². The van der Waals surface area contributed by atoms with E-state index in [0.717, 1.165) is 6.20 Å². The lowest BCUT2D eigenvalue weighted by atomic mass is 10.2. The average Bonchev–Trinajstić information content (AvgIpc) is 2.69. The highest BCUT2D eigenvalue weighted by Gasteiger charge is 2.19. The zero-order chi connectivity index (χ0) is 21.7. The number of amides is 1. The van der Waals surface area contributed by atoms with Crippen LogP contribution in [0.25, 0.3) is 0 Å². The smallest absolute Gasteiger partial charge is 0.313 e. The van der Waals surface area contributed by atoms with Crippen molar-refractivity contribution in [1.29, 1.82) is 0 Å². The Hall–Kier alpha value is -4.06. The number of anilines is 1. The van der Waals surface area contributed by atoms with E-state index in [-0.39, 0.29) is 11.3 Å². The monoisotopic (exact) mass is 431 g/mol. The van der Waals surface area contributed by atoms with Crippen molar-refractivity contribution < 1.29 is 17.6 Å². The van der Waals surface area contributed by atoms with Crippen LogP contribution in [0, 0.1) is 5.82 Å². The van der Waals surface area contributed by atoms with Gasteiger partial charge in [0.25, 0.3) is 21.5 Å². The van der Waals surface area contributed by atoms with Crippen LogP contribution in [0.4, 0.5) is 10.1 Å². The summed E-state index contributed by atoms with van der Waals surface area (Å²) in [5.74, 6) is -0.947. The number of H-pyrrole nitrogens is 2. The molecule has 3 rings (SSSR count). The number of aromatic amines is 2. The molecule has 0 aliphatic rings. The molecule has 1 heterocycles. The summed E-state index contributed by atoms with van der Waals surface area (Å²) >= 11 is 0. The number of nitrogens with zero attached hydrogens (tertiary/aromatic N) is 1. The molecule has 1 amide bonds. The summed E-state index contributed by atoms with van der Waals surface area (Å²) in [7, 11) is -4.26. The molecule has 2 aromatic carbocycles. The molecule has 0 aliphatic heterocycles. The number of rotatable bonds is 6. The van der Waals surface area contributed by atoms with Gasteiger partial charge in [0.1, 0.15) is 5.82 Å². The number of carbonyl (C=O) groups excluding carboxylic acids is 1. The van der Waals surface area contributed by atoms with Crippen molar-refractivity contribution in [1.82, 2.24) is 15.4 Å². The predicted octanol–water partition coefficient (Wildman–Crippen LogP) is 0.767. The van der Waals surface area contributed by atoms with Gasteiger partial charge in [0, 0.05) is 17.4 Å². The fourth-order valence-electron chi connectivity index (χ4n) is 2.28. The summed E-state index contributed by atoms with van der Waals surface area (Å²) in [6, 6.07) is 10.8. The number of hydrazone groups is 1. The fourth-order valence-corrected chi connectivity index (χ4v) is 3.34. The van der Waals surface area contributed by atoms with Gasteiger partial charge in [0.2, 0.25) is 0 Å². The van der Waals surface area contributed by atoms with E-state index in [0.29, 0.717) is 5.56 Å². The van der Waals surface area contributed by atoms with E-state index in [9.17, 15) is 27.2 Å². The predicted molar refractivity (Wildman–Crippen MR) is 106 cm³/mol. The van der Waals surface area contributed by atoms with Crippen LogP contribution in [0.1, 0.15) is 15.9 Å². The Morgan fingerprint density at radius 2 is 1.70 bits per heavy atom. The van der Waals surface area contributed by atoms with Gasteiger partial charge in [-0.2, -0.15) is 5.10 Å². The first-order valence-corrected chi connectivity index (χ1v) is 9.77. The van der Waals surface area contributed by atoms with E-state index in [2.05, 4.69) is 20.2 Å². The Morgan fingerprint density at radius 3 is 2.33 bits per heavy atom. The van der Waals surface area contributed by atoms with Crippen LogP contribution in [0.3, 0.4) is 0 Å². The fraction of sp³-hybridized carbons (Fsp3) is 0. The maximum Gasteiger partial charge on any atom is 0.325 e. The molecule has 0 bridgehead atoms. The van der Waals surface area contributed by atoms with E-state index in [1.807, 2.05) is 4.98 Å². The summed E-state index contributed by atoms with van der Waals surface area (Å²) in [4.78, 5) is 38.0. The van der Waals surface area contributed by atoms with E-state index < -0.39 is 37.9 Å². The molecule has 154 valence electrons. The first-order valence-electron chi connectivity index (χ1n) is 8.28. The van der Waals surface area contributed by atoms with Gasteiger partial charge >= 0.3 is 5.69 Å². The van der Waals surface area contributed by atoms with E-state index in [1.54, 1.807) is 0 Å². The first-order chi connectivity index (χ1) is 14.2. The summed E-state index contributed by atoms with van der Waals surface area (Å²) in [6.45, 7) is 0. The molecule has 0 fully saturated rings. The minimum atomic E-state index is -4.26. The summed E-state index contributed by atoms with van der Waals surface area (Å²) < 4.78 is 39.6. The van der Waals surface area contributed by atoms with Crippen molar-refractivity contribution in [2.75, 3.05) is 4.72 Å². The van der Waals surface area contributed by atoms with E-state index >= 15 is 0 Å². The highest BCUT2D eigenvalue weighted by molar-refractivity contribution is 7.92. The average molecular weight is 431 g/mol. The largest absolute Gasteiger partial charge is 0.325 e. The van der Waals surface area contributed by atoms with Gasteiger partial charge < -0.3 is 4.98 Å². The normalized spacial score (nSPS) is 11.4. The molecular formula is C18H14FN5O5S. The minimum absolute atomic E-state index is 0.0898. The third kappa shape index (κ3) is 5.05. The van der Waals surface area contributed by atoms with Gasteiger partial charge in [0.05, 0.1) is 6.21 Å². The SMILES string of the molecule is O=C(N/N=C/c1ccc(F)cc1)c1ccc(NS(=O)(=O)c2c[nH]c(=O)[nH]c2=O)cc1. The highest BCUT2D eigenvalue weighted by atomic mass is 32.2. The standard InChI is InChI=1S/C18H14FN5O5S/c19-13-5-1-11(2-6-13)9-21-23-16(25)12-3-7-14(8-4-12)24-30(28,29)15-10-20-18(27)22-17(15)26/h1-10,24H,(H,23,25)(H2,20,22,26,27)/b21-9+. The van der Waals surface area contributed by atoms with Gasteiger partial charge in [-0.15, -0.1) is 0 Å². The molecule has 0 spiro atoms. The topological polar surface area (TPSA) is 153 Å². The van der Waals surface area contributed by atoms with Crippen molar-refractivity contribution in [3.05, 3.63) is 92.5 Å². The molecule has 0 unspecified atom stereocenters. The molecule has 30 heavy (non-hydrogen) atoms. The van der Waals surface area contributed by atoms with Crippen molar-refractivity contribution in [2.24, 2.45) is 5.10 Å². The molecule has 0 atom stereocenters. The zero-order valence-electron chi connectivity index (χ0n) is 15.0. The van der Waals surface area contributed by atoms with Crippen LogP contribution in [0.5, 0.6) is 0 Å². The number of carbonyl (C=O) groups is 1. The lowest BCUT2D eigenvalue weighted by Crippen LogP contribution is -2.29. The van der Waals surface area contributed by atoms with Gasteiger partial charge in [-0.1, -0.05) is 12.1 Å². The third-order valence-corrected chi connectivity index (χ3v) is 5.11. The molecule has 1 aromatic heterocycles. The Labute approximate surface area is 168 Å². The van der Waals surface area contributed by atoms with Crippen molar-refractivity contribution in [3.8, 4) is 0 Å². The summed E-state index contributed by atoms with van der Waals surface area (Å²) in [6.07, 6.45) is 2.12. The van der Waals surface area contributed by atoms with E-state index in [4.69, 9.17) is 0 Å². The Kier molecular flexibility index (Phi) is 5.88. The molecular weight excluding hydrogens is 417 g/mol. The Morgan fingerprint density at radius 1 is 1.03 bits per heavy atom. The number of sulfonamides is 1. The quantitative estimate of drug-likeness (QED) is 0.335. The minimum Gasteiger partial charge on any atom is -0.313 e. The van der Waals surface area contributed by atoms with Gasteiger partial charge in [-0.25, -0.2) is 23.0 Å². The molecule has 12 heteroatoms. The maximum atomic E-state index is 12.8. The van der Waals surface area contributed by atoms with Crippen molar-refractivity contribution >= 4 is 27.8 Å². The maximum absolute atomic E-state index is 12.8. The van der Waals surface area contributed by atoms with Crippen LogP contribution >= 0.6 is 0 Å². The number of hydrogen-bond donors (Lipinski definition) is 4. The van der Waals surface area contributed by atoms with Crippen LogP contribution in [-0.2, 0) is 10.0 Å². The molecule has 0 saturated heterocycles. The highest BCUT2D eigenvalue weighted by Crippen LogP contribution is 2.14. The molecule has 0 aliphatic carbocycles. The number of nitrogens with one attached hydrogen (secondary N) is 4. The van der Waals surface area contributed by atoms with Crippen LogP contribution < -0.4 is 21.4 Å². The number of aromatic nitrogens is 2. The van der Waals surface area contributed by atoms with Crippen molar-refractivity contribution in [3.63, 3.8) is 0 Å².